The molecule has 0 fully saturated rings. The van der Waals surface area contributed by atoms with Gasteiger partial charge in [0.05, 0.1) is 5.69 Å². The Kier molecular flexibility index (Phi) is 4.22. The van der Waals surface area contributed by atoms with E-state index in [0.29, 0.717) is 24.6 Å². The Labute approximate surface area is 151 Å². The minimum absolute atomic E-state index is 0.163. The molecule has 132 valence electrons. The average Bonchev–Trinajstić information content (AvgIpc) is 3.14. The van der Waals surface area contributed by atoms with Crippen LogP contribution in [0.2, 0.25) is 0 Å². The van der Waals surface area contributed by atoms with Crippen LogP contribution >= 0.6 is 0 Å². The van der Waals surface area contributed by atoms with Crippen molar-refractivity contribution in [2.45, 2.75) is 6.54 Å². The predicted octanol–water partition coefficient (Wildman–Crippen LogP) is 2.15. The zero-order valence-corrected chi connectivity index (χ0v) is 14.4. The maximum Gasteiger partial charge on any atom is 0.322 e. The van der Waals surface area contributed by atoms with Crippen molar-refractivity contribution in [1.29, 1.82) is 0 Å². The molecule has 26 heavy (non-hydrogen) atoms. The number of fused-ring (bicyclic) bond motifs is 1. The van der Waals surface area contributed by atoms with E-state index in [2.05, 4.69) is 37.4 Å². The van der Waals surface area contributed by atoms with Gasteiger partial charge in [0, 0.05) is 38.6 Å². The molecule has 8 heteroatoms. The Bertz CT molecular complexity index is 909. The van der Waals surface area contributed by atoms with Gasteiger partial charge in [0.25, 0.3) is 0 Å². The number of aromatic nitrogens is 4. The molecule has 8 nitrogen and oxygen atoms in total. The van der Waals surface area contributed by atoms with Gasteiger partial charge >= 0.3 is 6.03 Å². The standard InChI is InChI=1S/C18H19N7O/c1-23-9-10-24(11-14-5-2-3-7-16(14)23)18(26)22-15-6-4-8-20-17(15)25-13-19-12-21-25/h2-8,12-13H,9-11H2,1H3,(H,22,26). The number of carbonyl (C=O) groups excluding carboxylic acids is 1. The normalized spacial score (nSPS) is 13.9. The molecule has 2 aromatic heterocycles. The molecule has 0 aliphatic carbocycles. The van der Waals surface area contributed by atoms with Crippen LogP contribution in [0.5, 0.6) is 0 Å². The molecule has 0 atom stereocenters. The third-order valence-corrected chi connectivity index (χ3v) is 4.42. The number of nitrogens with one attached hydrogen (secondary N) is 1. The molecule has 0 spiro atoms. The molecule has 0 saturated carbocycles. The first-order valence-corrected chi connectivity index (χ1v) is 8.37. The highest BCUT2D eigenvalue weighted by atomic mass is 16.2. The lowest BCUT2D eigenvalue weighted by molar-refractivity contribution is 0.212. The van der Waals surface area contributed by atoms with Gasteiger partial charge in [0.1, 0.15) is 12.7 Å². The Morgan fingerprint density at radius 3 is 2.88 bits per heavy atom. The molecule has 4 rings (SSSR count). The third kappa shape index (κ3) is 3.08. The van der Waals surface area contributed by atoms with Crippen molar-refractivity contribution in [3.63, 3.8) is 0 Å². The number of hydrogen-bond acceptors (Lipinski definition) is 5. The summed E-state index contributed by atoms with van der Waals surface area (Å²) in [6, 6.07) is 11.6. The summed E-state index contributed by atoms with van der Waals surface area (Å²) in [5.41, 5.74) is 2.88. The number of rotatable bonds is 2. The second-order valence-corrected chi connectivity index (χ2v) is 6.12. The van der Waals surface area contributed by atoms with Crippen LogP contribution in [0.15, 0.2) is 55.2 Å². The number of pyridine rings is 1. The van der Waals surface area contributed by atoms with Crippen molar-refractivity contribution in [1.82, 2.24) is 24.6 Å². The van der Waals surface area contributed by atoms with Gasteiger partial charge in [-0.15, -0.1) is 0 Å². The summed E-state index contributed by atoms with van der Waals surface area (Å²) in [4.78, 5) is 25.1. The first-order valence-electron chi connectivity index (χ1n) is 8.37. The lowest BCUT2D eigenvalue weighted by Gasteiger charge is -2.22. The largest absolute Gasteiger partial charge is 0.373 e. The molecule has 3 aromatic rings. The number of nitrogens with zero attached hydrogens (tertiary/aromatic N) is 6. The van der Waals surface area contributed by atoms with Crippen molar-refractivity contribution in [2.75, 3.05) is 30.4 Å². The van der Waals surface area contributed by atoms with Crippen molar-refractivity contribution in [3.8, 4) is 5.82 Å². The van der Waals surface area contributed by atoms with Crippen molar-refractivity contribution in [2.24, 2.45) is 0 Å². The SMILES string of the molecule is CN1CCN(C(=O)Nc2cccnc2-n2cncn2)Cc2ccccc21. The smallest absolute Gasteiger partial charge is 0.322 e. The number of urea groups is 1. The molecular weight excluding hydrogens is 330 g/mol. The number of benzene rings is 1. The van der Waals surface area contributed by atoms with Crippen LogP contribution in [-0.2, 0) is 6.54 Å². The fourth-order valence-electron chi connectivity index (χ4n) is 3.06. The lowest BCUT2D eigenvalue weighted by Crippen LogP contribution is -2.37. The maximum absolute atomic E-state index is 12.9. The van der Waals surface area contributed by atoms with Gasteiger partial charge in [0.2, 0.25) is 0 Å². The number of carbonyl (C=O) groups is 1. The van der Waals surface area contributed by atoms with Gasteiger partial charge in [-0.2, -0.15) is 5.10 Å². The van der Waals surface area contributed by atoms with Gasteiger partial charge in [-0.05, 0) is 23.8 Å². The van der Waals surface area contributed by atoms with Crippen LogP contribution in [0.25, 0.3) is 5.82 Å². The summed E-state index contributed by atoms with van der Waals surface area (Å²) in [5.74, 6) is 0.533. The quantitative estimate of drug-likeness (QED) is 0.767. The Morgan fingerprint density at radius 1 is 1.15 bits per heavy atom. The van der Waals surface area contributed by atoms with Crippen LogP contribution in [0.1, 0.15) is 5.56 Å². The highest BCUT2D eigenvalue weighted by molar-refractivity contribution is 5.91. The van der Waals surface area contributed by atoms with E-state index in [1.54, 1.807) is 29.6 Å². The fourth-order valence-corrected chi connectivity index (χ4v) is 3.06. The summed E-state index contributed by atoms with van der Waals surface area (Å²) in [6.07, 6.45) is 4.64. The number of amides is 2. The van der Waals surface area contributed by atoms with E-state index in [1.807, 2.05) is 19.2 Å². The van der Waals surface area contributed by atoms with E-state index >= 15 is 0 Å². The second kappa shape index (κ2) is 6.83. The summed E-state index contributed by atoms with van der Waals surface area (Å²) < 4.78 is 1.53. The van der Waals surface area contributed by atoms with Gasteiger partial charge in [-0.1, -0.05) is 18.2 Å². The maximum atomic E-state index is 12.9. The van der Waals surface area contributed by atoms with E-state index in [1.165, 1.54) is 11.0 Å². The van der Waals surface area contributed by atoms with E-state index < -0.39 is 0 Å². The zero-order valence-electron chi connectivity index (χ0n) is 14.4. The van der Waals surface area contributed by atoms with Crippen molar-refractivity contribution < 1.29 is 4.79 Å². The molecule has 0 bridgehead atoms. The average molecular weight is 349 g/mol. The predicted molar refractivity (Wildman–Crippen MR) is 98.3 cm³/mol. The highest BCUT2D eigenvalue weighted by Gasteiger charge is 2.22. The number of hydrogen-bond donors (Lipinski definition) is 1. The minimum atomic E-state index is -0.163. The third-order valence-electron chi connectivity index (χ3n) is 4.42. The fraction of sp³-hybridized carbons (Fsp3) is 0.222. The van der Waals surface area contributed by atoms with Gasteiger partial charge in [-0.3, -0.25) is 0 Å². The van der Waals surface area contributed by atoms with Gasteiger partial charge in [-0.25, -0.2) is 19.4 Å². The van der Waals surface area contributed by atoms with E-state index in [0.717, 1.165) is 17.8 Å². The molecule has 3 heterocycles. The lowest BCUT2D eigenvalue weighted by atomic mass is 10.1. The summed E-state index contributed by atoms with van der Waals surface area (Å²) in [7, 11) is 2.05. The zero-order chi connectivity index (χ0) is 17.9. The van der Waals surface area contributed by atoms with Crippen LogP contribution in [0.4, 0.5) is 16.2 Å². The van der Waals surface area contributed by atoms with Gasteiger partial charge in [0.15, 0.2) is 5.82 Å². The minimum Gasteiger partial charge on any atom is -0.373 e. The van der Waals surface area contributed by atoms with Crippen LogP contribution in [-0.4, -0.2) is 50.8 Å². The molecule has 0 unspecified atom stereocenters. The van der Waals surface area contributed by atoms with Crippen LogP contribution in [0, 0.1) is 0 Å². The highest BCUT2D eigenvalue weighted by Crippen LogP contribution is 2.24. The first-order chi connectivity index (χ1) is 12.7. The summed E-state index contributed by atoms with van der Waals surface area (Å²) in [5, 5.41) is 7.05. The summed E-state index contributed by atoms with van der Waals surface area (Å²) >= 11 is 0. The Morgan fingerprint density at radius 2 is 2.04 bits per heavy atom. The van der Waals surface area contributed by atoms with Crippen LogP contribution < -0.4 is 10.2 Å². The molecule has 0 radical (unpaired) electrons. The molecular formula is C18H19N7O. The van der Waals surface area contributed by atoms with Crippen molar-refractivity contribution in [3.05, 3.63) is 60.8 Å². The number of likely N-dealkylation sites (N-methyl/N-ethyl adjacent to an activating group) is 1. The molecule has 1 aromatic carbocycles. The number of anilines is 2. The Hall–Kier alpha value is -3.42. The van der Waals surface area contributed by atoms with E-state index in [4.69, 9.17) is 0 Å². The monoisotopic (exact) mass is 349 g/mol. The molecule has 1 aliphatic rings. The van der Waals surface area contributed by atoms with E-state index in [9.17, 15) is 4.79 Å². The van der Waals surface area contributed by atoms with Crippen LogP contribution in [0.3, 0.4) is 0 Å². The topological polar surface area (TPSA) is 79.2 Å². The van der Waals surface area contributed by atoms with E-state index in [-0.39, 0.29) is 6.03 Å². The van der Waals surface area contributed by atoms with Crippen molar-refractivity contribution >= 4 is 17.4 Å². The molecule has 2 amide bonds. The van der Waals surface area contributed by atoms with Gasteiger partial charge < -0.3 is 15.1 Å². The first kappa shape index (κ1) is 16.1. The summed E-state index contributed by atoms with van der Waals surface area (Å²) in [6.45, 7) is 1.97. The molecule has 1 N–H and O–H groups in total. The second-order valence-electron chi connectivity index (χ2n) is 6.12. The molecule has 1 aliphatic heterocycles. The Balaban J connectivity index is 1.56. The number of para-hydroxylation sites is 1. The molecule has 0 saturated heterocycles.